The zero-order chi connectivity index (χ0) is 14.9. The monoisotopic (exact) mass is 286 g/mol. The summed E-state index contributed by atoms with van der Waals surface area (Å²) in [6, 6.07) is 9.76. The molecule has 2 aliphatic rings. The van der Waals surface area contributed by atoms with Gasteiger partial charge in [0.1, 0.15) is 0 Å². The van der Waals surface area contributed by atoms with E-state index in [0.29, 0.717) is 0 Å². The van der Waals surface area contributed by atoms with Crippen LogP contribution in [0, 0.1) is 5.92 Å². The van der Waals surface area contributed by atoms with Crippen molar-refractivity contribution in [1.82, 2.24) is 0 Å². The lowest BCUT2D eigenvalue weighted by Crippen LogP contribution is -2.36. The molecule has 2 atom stereocenters. The van der Waals surface area contributed by atoms with E-state index < -0.39 is 11.9 Å². The lowest BCUT2D eigenvalue weighted by Gasteiger charge is -2.30. The van der Waals surface area contributed by atoms with Crippen LogP contribution in [-0.2, 0) is 19.9 Å². The Balaban J connectivity index is 2.08. The predicted molar refractivity (Wildman–Crippen MR) is 80.5 cm³/mol. The van der Waals surface area contributed by atoms with Crippen LogP contribution in [0.15, 0.2) is 42.0 Å². The van der Waals surface area contributed by atoms with Gasteiger partial charge >= 0.3 is 5.97 Å². The maximum atomic E-state index is 12.7. The number of hydrogen-bond acceptors (Lipinski definition) is 3. The first-order valence-corrected chi connectivity index (χ1v) is 7.78. The molecule has 0 aromatic heterocycles. The van der Waals surface area contributed by atoms with Crippen LogP contribution in [-0.4, -0.2) is 12.3 Å². The fourth-order valence-electron chi connectivity index (χ4n) is 3.12. The minimum absolute atomic E-state index is 0.142. The number of hydrogen-bond donors (Lipinski definition) is 0. The molecule has 112 valence electrons. The van der Waals surface area contributed by atoms with Gasteiger partial charge in [0.25, 0.3) is 0 Å². The zero-order valence-electron chi connectivity index (χ0n) is 12.7. The van der Waals surface area contributed by atoms with Crippen LogP contribution in [0.1, 0.15) is 45.1 Å². The van der Waals surface area contributed by atoms with Crippen LogP contribution in [0.25, 0.3) is 0 Å². The third-order valence-corrected chi connectivity index (χ3v) is 4.27. The quantitative estimate of drug-likeness (QED) is 0.623. The molecule has 21 heavy (non-hydrogen) atoms. The summed E-state index contributed by atoms with van der Waals surface area (Å²) in [4.78, 5) is 12.7. The van der Waals surface area contributed by atoms with Gasteiger partial charge in [-0.2, -0.15) is 0 Å². The average Bonchev–Trinajstić information content (AvgIpc) is 2.88. The van der Waals surface area contributed by atoms with Crippen LogP contribution >= 0.6 is 0 Å². The summed E-state index contributed by atoms with van der Waals surface area (Å²) in [5.41, 5.74) is 0.913. The van der Waals surface area contributed by atoms with E-state index in [1.807, 2.05) is 44.2 Å². The van der Waals surface area contributed by atoms with Crippen LogP contribution in [0.2, 0.25) is 0 Å². The molecule has 3 rings (SSSR count). The molecule has 1 aromatic rings. The normalized spacial score (nSPS) is 29.4. The highest BCUT2D eigenvalue weighted by Gasteiger charge is 2.54. The van der Waals surface area contributed by atoms with Gasteiger partial charge in [-0.15, -0.1) is 0 Å². The predicted octanol–water partition coefficient (Wildman–Crippen LogP) is 3.94. The van der Waals surface area contributed by atoms with Crippen LogP contribution in [0.3, 0.4) is 0 Å². The third kappa shape index (κ3) is 2.40. The Morgan fingerprint density at radius 1 is 1.19 bits per heavy atom. The minimum atomic E-state index is -1.03. The summed E-state index contributed by atoms with van der Waals surface area (Å²) in [5, 5.41) is 0. The molecule has 1 aliphatic carbocycles. The second-order valence-electron chi connectivity index (χ2n) is 6.16. The van der Waals surface area contributed by atoms with E-state index in [1.165, 1.54) is 6.42 Å². The van der Waals surface area contributed by atoms with E-state index in [9.17, 15) is 4.79 Å². The van der Waals surface area contributed by atoms with Crippen molar-refractivity contribution >= 4 is 5.97 Å². The Morgan fingerprint density at radius 3 is 2.52 bits per heavy atom. The molecule has 0 unspecified atom stereocenters. The van der Waals surface area contributed by atoms with Gasteiger partial charge in [-0.1, -0.05) is 50.3 Å². The van der Waals surface area contributed by atoms with Gasteiger partial charge in [0, 0.05) is 5.92 Å². The number of cyclic esters (lactones) is 1. The smallest absolute Gasteiger partial charge is 0.350 e. The van der Waals surface area contributed by atoms with E-state index in [1.54, 1.807) is 0 Å². The van der Waals surface area contributed by atoms with Crippen molar-refractivity contribution < 1.29 is 14.3 Å². The molecule has 1 heterocycles. The number of ether oxygens (including phenoxy) is 2. The molecule has 0 radical (unpaired) electrons. The maximum absolute atomic E-state index is 12.7. The van der Waals surface area contributed by atoms with Gasteiger partial charge in [0.05, 0.1) is 0 Å². The van der Waals surface area contributed by atoms with Crippen molar-refractivity contribution in [3.63, 3.8) is 0 Å². The number of carbonyl (C=O) groups excluding carboxylic acids is 1. The Kier molecular flexibility index (Phi) is 3.85. The van der Waals surface area contributed by atoms with E-state index >= 15 is 0 Å². The average molecular weight is 286 g/mol. The molecule has 3 nitrogen and oxygen atoms in total. The van der Waals surface area contributed by atoms with Gasteiger partial charge in [-0.3, -0.25) is 0 Å². The molecule has 0 amide bonds. The molecular formula is C18H22O3. The van der Waals surface area contributed by atoms with Crippen molar-refractivity contribution in [3.8, 4) is 0 Å². The molecule has 1 aliphatic heterocycles. The fourth-order valence-corrected chi connectivity index (χ4v) is 3.12. The van der Waals surface area contributed by atoms with Crippen LogP contribution in [0.5, 0.6) is 0 Å². The Bertz CT molecular complexity index is 547. The first kappa shape index (κ1) is 14.3. The molecule has 1 saturated heterocycles. The SMILES string of the molecule is CC(C)[C@H]1OC(=O)[C@@](C2=CCCCC2)(c2ccccc2)O1. The Labute approximate surface area is 125 Å². The molecule has 0 bridgehead atoms. The minimum Gasteiger partial charge on any atom is -0.433 e. The number of benzene rings is 1. The number of allylic oxidation sites excluding steroid dienone is 1. The maximum Gasteiger partial charge on any atom is 0.350 e. The molecule has 0 spiro atoms. The summed E-state index contributed by atoms with van der Waals surface area (Å²) in [7, 11) is 0. The standard InChI is InChI=1S/C18H22O3/c1-13(2)16-20-17(19)18(21-16,14-9-5-3-6-10-14)15-11-7-4-8-12-15/h3,5-6,9-11,13,16H,4,7-8,12H2,1-2H3/t16-,18-/m0/s1. The largest absolute Gasteiger partial charge is 0.433 e. The van der Waals surface area contributed by atoms with Gasteiger partial charge in [0.2, 0.25) is 11.9 Å². The van der Waals surface area contributed by atoms with E-state index in [-0.39, 0.29) is 11.9 Å². The highest BCUT2D eigenvalue weighted by atomic mass is 16.8. The van der Waals surface area contributed by atoms with E-state index in [4.69, 9.17) is 9.47 Å². The summed E-state index contributed by atoms with van der Waals surface area (Å²) >= 11 is 0. The lowest BCUT2D eigenvalue weighted by atomic mass is 9.80. The van der Waals surface area contributed by atoms with E-state index in [0.717, 1.165) is 30.4 Å². The first-order chi connectivity index (χ1) is 10.1. The van der Waals surface area contributed by atoms with Crippen molar-refractivity contribution in [2.24, 2.45) is 5.92 Å². The van der Waals surface area contributed by atoms with Crippen LogP contribution < -0.4 is 0 Å². The second-order valence-corrected chi connectivity index (χ2v) is 6.16. The molecular weight excluding hydrogens is 264 g/mol. The van der Waals surface area contributed by atoms with Crippen molar-refractivity contribution in [1.29, 1.82) is 0 Å². The highest BCUT2D eigenvalue weighted by Crippen LogP contribution is 2.45. The van der Waals surface area contributed by atoms with E-state index in [2.05, 4.69) is 6.08 Å². The van der Waals surface area contributed by atoms with Gasteiger partial charge in [-0.25, -0.2) is 4.79 Å². The van der Waals surface area contributed by atoms with Crippen molar-refractivity contribution in [3.05, 3.63) is 47.5 Å². The summed E-state index contributed by atoms with van der Waals surface area (Å²) in [6.45, 7) is 4.02. The molecule has 0 N–H and O–H groups in total. The van der Waals surface area contributed by atoms with Gasteiger partial charge in [-0.05, 0) is 36.8 Å². The van der Waals surface area contributed by atoms with Crippen molar-refractivity contribution in [2.45, 2.75) is 51.4 Å². The van der Waals surface area contributed by atoms with Gasteiger partial charge in [0.15, 0.2) is 0 Å². The summed E-state index contributed by atoms with van der Waals surface area (Å²) in [5.74, 6) is -0.121. The number of esters is 1. The molecule has 1 fully saturated rings. The summed E-state index contributed by atoms with van der Waals surface area (Å²) < 4.78 is 11.8. The molecule has 0 saturated carbocycles. The first-order valence-electron chi connectivity index (χ1n) is 7.78. The lowest BCUT2D eigenvalue weighted by molar-refractivity contribution is -0.147. The third-order valence-electron chi connectivity index (χ3n) is 4.27. The second kappa shape index (κ2) is 5.64. The van der Waals surface area contributed by atoms with Crippen LogP contribution in [0.4, 0.5) is 0 Å². The number of rotatable bonds is 3. The highest BCUT2D eigenvalue weighted by molar-refractivity contribution is 5.87. The van der Waals surface area contributed by atoms with Crippen molar-refractivity contribution in [2.75, 3.05) is 0 Å². The number of carbonyl (C=O) groups is 1. The zero-order valence-corrected chi connectivity index (χ0v) is 12.7. The van der Waals surface area contributed by atoms with Gasteiger partial charge < -0.3 is 9.47 Å². The topological polar surface area (TPSA) is 35.5 Å². The Hall–Kier alpha value is -1.61. The molecule has 3 heteroatoms. The molecule has 1 aromatic carbocycles. The Morgan fingerprint density at radius 2 is 1.95 bits per heavy atom. The fraction of sp³-hybridized carbons (Fsp3) is 0.500. The summed E-state index contributed by atoms with van der Waals surface area (Å²) in [6.07, 6.45) is 5.88.